The number of nitrogens with zero attached hydrogens (tertiary/aromatic N) is 4. The Labute approximate surface area is 158 Å². The number of hydrogen-bond donors (Lipinski definition) is 0. The van der Waals surface area contributed by atoms with Crippen molar-refractivity contribution in [2.75, 3.05) is 49.8 Å². The van der Waals surface area contributed by atoms with Gasteiger partial charge in [0.25, 0.3) is 5.91 Å². The Hall–Kier alpha value is -1.78. The molecule has 1 aromatic rings. The number of amides is 1. The Morgan fingerprint density at radius 1 is 1.26 bits per heavy atom. The minimum Gasteiger partial charge on any atom is -0.356 e. The van der Waals surface area contributed by atoms with Gasteiger partial charge < -0.3 is 19.3 Å². The van der Waals surface area contributed by atoms with Crippen LogP contribution in [0.1, 0.15) is 29.8 Å². The Balaban J connectivity index is 1.44. The number of anilines is 1. The summed E-state index contributed by atoms with van der Waals surface area (Å²) in [7, 11) is -1.42. The highest BCUT2D eigenvalue weighted by Crippen LogP contribution is 2.32. The van der Waals surface area contributed by atoms with Crippen LogP contribution in [0.15, 0.2) is 12.4 Å². The predicted molar refractivity (Wildman–Crippen MR) is 97.3 cm³/mol. The summed E-state index contributed by atoms with van der Waals surface area (Å²) in [6, 6.07) is 1.38. The Bertz CT molecular complexity index is 814. The molecule has 9 nitrogen and oxygen atoms in total. The third kappa shape index (κ3) is 3.78. The van der Waals surface area contributed by atoms with Gasteiger partial charge in [0.1, 0.15) is 17.8 Å². The topological polar surface area (TPSA) is 102 Å². The minimum absolute atomic E-state index is 0.0153. The molecule has 0 aliphatic carbocycles. The molecule has 1 aromatic heterocycles. The van der Waals surface area contributed by atoms with E-state index in [-0.39, 0.29) is 29.1 Å². The zero-order valence-electron chi connectivity index (χ0n) is 15.3. The van der Waals surface area contributed by atoms with Crippen molar-refractivity contribution in [1.29, 1.82) is 0 Å². The number of hydrogen-bond acceptors (Lipinski definition) is 8. The lowest BCUT2D eigenvalue weighted by molar-refractivity contribution is -0.169. The fourth-order valence-corrected chi connectivity index (χ4v) is 5.70. The molecule has 0 N–H and O–H groups in total. The van der Waals surface area contributed by atoms with E-state index in [1.165, 1.54) is 11.2 Å². The SMILES string of the molecule is CN(C(=O)c1cc(N2CCC3(CC2)OCCO3)ncn1)C1CCS(=O)(=O)C1. The van der Waals surface area contributed by atoms with Gasteiger partial charge in [-0.2, -0.15) is 0 Å². The molecule has 3 saturated heterocycles. The normalized spacial score (nSPS) is 26.4. The lowest BCUT2D eigenvalue weighted by Crippen LogP contribution is -2.45. The van der Waals surface area contributed by atoms with E-state index in [1.54, 1.807) is 13.1 Å². The van der Waals surface area contributed by atoms with Crippen LogP contribution in [0.4, 0.5) is 5.82 Å². The first-order valence-corrected chi connectivity index (χ1v) is 11.0. The van der Waals surface area contributed by atoms with Crippen molar-refractivity contribution >= 4 is 21.6 Å². The number of aromatic nitrogens is 2. The summed E-state index contributed by atoms with van der Waals surface area (Å²) in [4.78, 5) is 24.8. The van der Waals surface area contributed by atoms with Gasteiger partial charge in [-0.3, -0.25) is 4.79 Å². The zero-order valence-corrected chi connectivity index (χ0v) is 16.2. The zero-order chi connectivity index (χ0) is 19.1. The maximum absolute atomic E-state index is 12.8. The summed E-state index contributed by atoms with van der Waals surface area (Å²) in [5, 5.41) is 0. The lowest BCUT2D eigenvalue weighted by atomic mass is 10.0. The van der Waals surface area contributed by atoms with E-state index in [0.717, 1.165) is 25.9 Å². The van der Waals surface area contributed by atoms with E-state index in [2.05, 4.69) is 14.9 Å². The van der Waals surface area contributed by atoms with E-state index in [0.29, 0.717) is 25.5 Å². The summed E-state index contributed by atoms with van der Waals surface area (Å²) in [6.45, 7) is 2.72. The molecule has 3 fully saturated rings. The standard InChI is InChI=1S/C17H24N4O5S/c1-20(13-2-9-27(23,24)11-13)16(22)14-10-15(19-12-18-14)21-5-3-17(4-6-21)25-7-8-26-17/h10,12-13H,2-9,11H2,1H3. The Morgan fingerprint density at radius 2 is 1.96 bits per heavy atom. The largest absolute Gasteiger partial charge is 0.356 e. The molecule has 1 amide bonds. The second-order valence-corrected chi connectivity index (χ2v) is 9.56. The van der Waals surface area contributed by atoms with E-state index < -0.39 is 15.6 Å². The lowest BCUT2D eigenvalue weighted by Gasteiger charge is -2.38. The monoisotopic (exact) mass is 396 g/mol. The van der Waals surface area contributed by atoms with Crippen LogP contribution in [0.3, 0.4) is 0 Å². The summed E-state index contributed by atoms with van der Waals surface area (Å²) in [6.07, 6.45) is 3.35. The molecular formula is C17H24N4O5S. The molecule has 4 rings (SSSR count). The third-order valence-electron chi connectivity index (χ3n) is 5.61. The van der Waals surface area contributed by atoms with Gasteiger partial charge in [-0.1, -0.05) is 0 Å². The van der Waals surface area contributed by atoms with E-state index >= 15 is 0 Å². The number of rotatable bonds is 3. The summed E-state index contributed by atoms with van der Waals surface area (Å²) >= 11 is 0. The Morgan fingerprint density at radius 3 is 2.59 bits per heavy atom. The molecule has 0 saturated carbocycles. The first-order valence-electron chi connectivity index (χ1n) is 9.20. The van der Waals surface area contributed by atoms with Gasteiger partial charge in [0.05, 0.1) is 24.7 Å². The van der Waals surface area contributed by atoms with Crippen LogP contribution in [-0.4, -0.2) is 85.9 Å². The van der Waals surface area contributed by atoms with Gasteiger partial charge in [0, 0.05) is 45.1 Å². The molecule has 0 radical (unpaired) electrons. The van der Waals surface area contributed by atoms with Crippen molar-refractivity contribution in [3.8, 4) is 0 Å². The van der Waals surface area contributed by atoms with Crippen molar-refractivity contribution in [3.05, 3.63) is 18.1 Å². The van der Waals surface area contributed by atoms with Crippen LogP contribution in [0.2, 0.25) is 0 Å². The van der Waals surface area contributed by atoms with E-state index in [4.69, 9.17) is 9.47 Å². The molecule has 1 atom stereocenters. The average Bonchev–Trinajstić information content (AvgIpc) is 3.27. The first kappa shape index (κ1) is 18.6. The van der Waals surface area contributed by atoms with Gasteiger partial charge >= 0.3 is 0 Å². The summed E-state index contributed by atoms with van der Waals surface area (Å²) in [5.74, 6) is 0.0900. The summed E-state index contributed by atoms with van der Waals surface area (Å²) in [5.41, 5.74) is 0.278. The van der Waals surface area contributed by atoms with Crippen LogP contribution >= 0.6 is 0 Å². The number of ether oxygens (including phenoxy) is 2. The molecule has 0 bridgehead atoms. The predicted octanol–water partition coefficient (Wildman–Crippen LogP) is 0.0790. The van der Waals surface area contributed by atoms with Crippen molar-refractivity contribution in [3.63, 3.8) is 0 Å². The minimum atomic E-state index is -3.05. The average molecular weight is 396 g/mol. The van der Waals surface area contributed by atoms with Gasteiger partial charge in [-0.05, 0) is 6.42 Å². The maximum atomic E-state index is 12.8. The molecule has 148 valence electrons. The number of carbonyl (C=O) groups is 1. The quantitative estimate of drug-likeness (QED) is 0.708. The molecule has 10 heteroatoms. The fraction of sp³-hybridized carbons (Fsp3) is 0.706. The second-order valence-electron chi connectivity index (χ2n) is 7.33. The molecule has 27 heavy (non-hydrogen) atoms. The smallest absolute Gasteiger partial charge is 0.272 e. The first-order chi connectivity index (χ1) is 12.9. The van der Waals surface area contributed by atoms with Crippen molar-refractivity contribution in [2.45, 2.75) is 31.1 Å². The molecule has 1 unspecified atom stereocenters. The van der Waals surface area contributed by atoms with Crippen molar-refractivity contribution < 1.29 is 22.7 Å². The molecular weight excluding hydrogens is 372 g/mol. The van der Waals surface area contributed by atoms with Crippen LogP contribution in [-0.2, 0) is 19.3 Å². The van der Waals surface area contributed by atoms with Gasteiger partial charge in [0.2, 0.25) is 0 Å². The number of piperidine rings is 1. The van der Waals surface area contributed by atoms with Crippen LogP contribution < -0.4 is 4.90 Å². The maximum Gasteiger partial charge on any atom is 0.272 e. The molecule has 3 aliphatic rings. The highest BCUT2D eigenvalue weighted by molar-refractivity contribution is 7.91. The van der Waals surface area contributed by atoms with Gasteiger partial charge in [0.15, 0.2) is 15.6 Å². The molecule has 1 spiro atoms. The van der Waals surface area contributed by atoms with Crippen molar-refractivity contribution in [1.82, 2.24) is 14.9 Å². The highest BCUT2D eigenvalue weighted by Gasteiger charge is 2.40. The second kappa shape index (κ2) is 6.99. The fourth-order valence-electron chi connectivity index (χ4n) is 3.93. The molecule has 0 aromatic carbocycles. The number of sulfone groups is 1. The third-order valence-corrected chi connectivity index (χ3v) is 7.36. The van der Waals surface area contributed by atoms with Crippen LogP contribution in [0.25, 0.3) is 0 Å². The van der Waals surface area contributed by atoms with Gasteiger partial charge in [-0.25, -0.2) is 18.4 Å². The summed E-state index contributed by atoms with van der Waals surface area (Å²) < 4.78 is 34.8. The van der Waals surface area contributed by atoms with Crippen LogP contribution in [0.5, 0.6) is 0 Å². The Kier molecular flexibility index (Phi) is 4.81. The van der Waals surface area contributed by atoms with Gasteiger partial charge in [-0.15, -0.1) is 0 Å². The number of carbonyl (C=O) groups excluding carboxylic acids is 1. The van der Waals surface area contributed by atoms with Crippen LogP contribution in [0, 0.1) is 0 Å². The van der Waals surface area contributed by atoms with E-state index in [9.17, 15) is 13.2 Å². The molecule has 3 aliphatic heterocycles. The highest BCUT2D eigenvalue weighted by atomic mass is 32.2. The van der Waals surface area contributed by atoms with Crippen molar-refractivity contribution in [2.24, 2.45) is 0 Å². The van der Waals surface area contributed by atoms with E-state index in [1.807, 2.05) is 0 Å². The molecule has 4 heterocycles.